The summed E-state index contributed by atoms with van der Waals surface area (Å²) in [6, 6.07) is 3.66. The average Bonchev–Trinajstić information content (AvgIpc) is 2.31. The fourth-order valence-corrected chi connectivity index (χ4v) is 1.58. The smallest absolute Gasteiger partial charge is 0.308 e. The molecule has 4 N–H and O–H groups in total. The fraction of sp³-hybridized carbons (Fsp3) is 0.385. The molecule has 0 aliphatic heterocycles. The Morgan fingerprint density at radius 2 is 1.84 bits per heavy atom. The maximum atomic E-state index is 11.8. The summed E-state index contributed by atoms with van der Waals surface area (Å²) in [5.41, 5.74) is 0.156. The number of carboxylic acid groups (broad SMARTS) is 1. The van der Waals surface area contributed by atoms with Crippen LogP contribution in [-0.4, -0.2) is 33.7 Å². The van der Waals surface area contributed by atoms with Crippen LogP contribution in [0.1, 0.15) is 24.2 Å². The molecule has 1 aromatic rings. The van der Waals surface area contributed by atoms with Crippen molar-refractivity contribution >= 4 is 11.9 Å². The van der Waals surface area contributed by atoms with Crippen LogP contribution < -0.4 is 5.32 Å². The van der Waals surface area contributed by atoms with E-state index in [9.17, 15) is 14.7 Å². The Balaban J connectivity index is 2.69. The molecular weight excluding hydrogens is 250 g/mol. The summed E-state index contributed by atoms with van der Waals surface area (Å²) in [6.45, 7) is 3.53. The van der Waals surface area contributed by atoms with Crippen LogP contribution >= 0.6 is 0 Å². The zero-order valence-corrected chi connectivity index (χ0v) is 10.8. The molecule has 0 spiro atoms. The Morgan fingerprint density at radius 1 is 1.21 bits per heavy atom. The van der Waals surface area contributed by atoms with E-state index in [0.717, 1.165) is 6.07 Å². The number of aromatic hydroxyl groups is 2. The number of rotatable bonds is 5. The molecule has 1 aromatic carbocycles. The number of nitrogens with one attached hydrogen (secondary N) is 1. The molecule has 0 aromatic heterocycles. The molecule has 6 nitrogen and oxygen atoms in total. The Bertz CT molecular complexity index is 484. The molecule has 0 aliphatic carbocycles. The Morgan fingerprint density at radius 3 is 2.32 bits per heavy atom. The Kier molecular flexibility index (Phi) is 4.74. The average molecular weight is 267 g/mol. The van der Waals surface area contributed by atoms with E-state index in [2.05, 4.69) is 5.32 Å². The van der Waals surface area contributed by atoms with Gasteiger partial charge in [-0.05, 0) is 24.1 Å². The van der Waals surface area contributed by atoms with Gasteiger partial charge in [0.1, 0.15) is 0 Å². The van der Waals surface area contributed by atoms with Gasteiger partial charge in [0.15, 0.2) is 11.5 Å². The number of phenolic OH excluding ortho intramolecular Hbond substituents is 2. The molecule has 19 heavy (non-hydrogen) atoms. The summed E-state index contributed by atoms with van der Waals surface area (Å²) in [4.78, 5) is 22.7. The molecule has 6 heteroatoms. The zero-order valence-electron chi connectivity index (χ0n) is 10.8. The second kappa shape index (κ2) is 6.08. The van der Waals surface area contributed by atoms with Crippen LogP contribution in [0.5, 0.6) is 11.5 Å². The first-order valence-corrected chi connectivity index (χ1v) is 5.86. The van der Waals surface area contributed by atoms with E-state index < -0.39 is 23.5 Å². The molecule has 1 rings (SSSR count). The molecule has 1 unspecified atom stereocenters. The van der Waals surface area contributed by atoms with Gasteiger partial charge in [-0.1, -0.05) is 13.8 Å². The lowest BCUT2D eigenvalue weighted by molar-refractivity contribution is -0.142. The van der Waals surface area contributed by atoms with Crippen LogP contribution in [0.2, 0.25) is 0 Å². The van der Waals surface area contributed by atoms with Gasteiger partial charge in [-0.3, -0.25) is 9.59 Å². The number of phenols is 2. The van der Waals surface area contributed by atoms with Crippen LogP contribution in [0.4, 0.5) is 0 Å². The lowest BCUT2D eigenvalue weighted by atomic mass is 9.96. The number of aliphatic carboxylic acids is 1. The van der Waals surface area contributed by atoms with E-state index in [1.165, 1.54) is 12.1 Å². The van der Waals surface area contributed by atoms with Gasteiger partial charge in [-0.2, -0.15) is 0 Å². The lowest BCUT2D eigenvalue weighted by Gasteiger charge is -2.16. The maximum Gasteiger partial charge on any atom is 0.308 e. The van der Waals surface area contributed by atoms with Gasteiger partial charge in [-0.25, -0.2) is 0 Å². The highest BCUT2D eigenvalue weighted by molar-refractivity contribution is 5.95. The van der Waals surface area contributed by atoms with E-state index in [-0.39, 0.29) is 23.8 Å². The number of hydrogen-bond donors (Lipinski definition) is 4. The minimum Gasteiger partial charge on any atom is -0.504 e. The zero-order chi connectivity index (χ0) is 14.6. The fourth-order valence-electron chi connectivity index (χ4n) is 1.58. The van der Waals surface area contributed by atoms with E-state index in [1.54, 1.807) is 13.8 Å². The number of carbonyl (C=O) groups excluding carboxylic acids is 1. The first-order chi connectivity index (χ1) is 8.82. The second-order valence-corrected chi connectivity index (χ2v) is 4.60. The summed E-state index contributed by atoms with van der Waals surface area (Å²) >= 11 is 0. The Hall–Kier alpha value is -2.24. The minimum atomic E-state index is -0.969. The predicted octanol–water partition coefficient (Wildman–Crippen LogP) is 1.18. The minimum absolute atomic E-state index is 0.00741. The molecule has 0 aliphatic rings. The summed E-state index contributed by atoms with van der Waals surface area (Å²) in [7, 11) is 0. The maximum absolute atomic E-state index is 11.8. The molecule has 0 saturated carbocycles. The van der Waals surface area contributed by atoms with E-state index in [4.69, 9.17) is 10.2 Å². The third-order valence-corrected chi connectivity index (χ3v) is 2.84. The number of amides is 1. The first kappa shape index (κ1) is 14.8. The third-order valence-electron chi connectivity index (χ3n) is 2.84. The normalized spacial score (nSPS) is 12.2. The summed E-state index contributed by atoms with van der Waals surface area (Å²) in [5, 5.41) is 29.9. The van der Waals surface area contributed by atoms with Crippen molar-refractivity contribution in [2.45, 2.75) is 13.8 Å². The van der Waals surface area contributed by atoms with Gasteiger partial charge >= 0.3 is 5.97 Å². The SMILES string of the molecule is CC(C)C(CNC(=O)c1ccc(O)c(O)c1)C(=O)O. The van der Waals surface area contributed by atoms with Gasteiger partial charge < -0.3 is 20.6 Å². The number of carbonyl (C=O) groups is 2. The van der Waals surface area contributed by atoms with Crippen molar-refractivity contribution in [1.29, 1.82) is 0 Å². The van der Waals surface area contributed by atoms with Crippen LogP contribution in [0.3, 0.4) is 0 Å². The molecule has 0 bridgehead atoms. The first-order valence-electron chi connectivity index (χ1n) is 5.86. The molecular formula is C13H17NO5. The largest absolute Gasteiger partial charge is 0.504 e. The van der Waals surface area contributed by atoms with E-state index >= 15 is 0 Å². The summed E-state index contributed by atoms with van der Waals surface area (Å²) in [5.74, 6) is -2.96. The van der Waals surface area contributed by atoms with Crippen molar-refractivity contribution in [3.63, 3.8) is 0 Å². The molecule has 0 fully saturated rings. The lowest BCUT2D eigenvalue weighted by Crippen LogP contribution is -2.35. The molecule has 0 saturated heterocycles. The van der Waals surface area contributed by atoms with Crippen molar-refractivity contribution in [2.24, 2.45) is 11.8 Å². The molecule has 0 radical (unpaired) electrons. The van der Waals surface area contributed by atoms with Gasteiger partial charge in [0, 0.05) is 12.1 Å². The quantitative estimate of drug-likeness (QED) is 0.599. The third kappa shape index (κ3) is 3.87. The molecule has 1 atom stereocenters. The summed E-state index contributed by atoms with van der Waals surface area (Å²) < 4.78 is 0. The monoisotopic (exact) mass is 267 g/mol. The molecule has 1 amide bonds. The second-order valence-electron chi connectivity index (χ2n) is 4.60. The number of hydrogen-bond acceptors (Lipinski definition) is 4. The highest BCUT2D eigenvalue weighted by Crippen LogP contribution is 2.24. The van der Waals surface area contributed by atoms with Crippen LogP contribution in [-0.2, 0) is 4.79 Å². The van der Waals surface area contributed by atoms with E-state index in [0.29, 0.717) is 0 Å². The van der Waals surface area contributed by atoms with Crippen LogP contribution in [0.25, 0.3) is 0 Å². The van der Waals surface area contributed by atoms with Crippen molar-refractivity contribution < 1.29 is 24.9 Å². The predicted molar refractivity (Wildman–Crippen MR) is 68.1 cm³/mol. The van der Waals surface area contributed by atoms with Crippen LogP contribution in [0, 0.1) is 11.8 Å². The Labute approximate surface area is 110 Å². The standard InChI is InChI=1S/C13H17NO5/c1-7(2)9(13(18)19)6-14-12(17)8-3-4-10(15)11(16)5-8/h3-5,7,9,15-16H,6H2,1-2H3,(H,14,17)(H,18,19). The highest BCUT2D eigenvalue weighted by atomic mass is 16.4. The number of benzene rings is 1. The van der Waals surface area contributed by atoms with Gasteiger partial charge in [0.25, 0.3) is 5.91 Å². The number of carboxylic acids is 1. The van der Waals surface area contributed by atoms with E-state index in [1.807, 2.05) is 0 Å². The molecule has 104 valence electrons. The summed E-state index contributed by atoms with van der Waals surface area (Å²) in [6.07, 6.45) is 0. The van der Waals surface area contributed by atoms with Crippen LogP contribution in [0.15, 0.2) is 18.2 Å². The van der Waals surface area contributed by atoms with Gasteiger partial charge in [0.05, 0.1) is 5.92 Å². The van der Waals surface area contributed by atoms with Crippen molar-refractivity contribution in [1.82, 2.24) is 5.32 Å². The highest BCUT2D eigenvalue weighted by Gasteiger charge is 2.22. The topological polar surface area (TPSA) is 107 Å². The van der Waals surface area contributed by atoms with Gasteiger partial charge in [-0.15, -0.1) is 0 Å². The van der Waals surface area contributed by atoms with Crippen molar-refractivity contribution in [2.75, 3.05) is 6.54 Å². The van der Waals surface area contributed by atoms with Crippen molar-refractivity contribution in [3.05, 3.63) is 23.8 Å². The van der Waals surface area contributed by atoms with Gasteiger partial charge in [0.2, 0.25) is 0 Å². The van der Waals surface area contributed by atoms with Crippen molar-refractivity contribution in [3.8, 4) is 11.5 Å². The molecule has 0 heterocycles.